The smallest absolute Gasteiger partial charge is 0.334 e. The van der Waals surface area contributed by atoms with Crippen molar-refractivity contribution in [1.82, 2.24) is 19.0 Å². The number of carbonyl (C=O) groups excluding carboxylic acids is 1. The molecule has 0 radical (unpaired) electrons. The molecular weight excluding hydrogens is 444 g/mol. The van der Waals surface area contributed by atoms with Crippen molar-refractivity contribution < 1.29 is 14.3 Å². The van der Waals surface area contributed by atoms with Crippen LogP contribution in [0.3, 0.4) is 0 Å². The van der Waals surface area contributed by atoms with Gasteiger partial charge >= 0.3 is 5.69 Å². The van der Waals surface area contributed by atoms with Gasteiger partial charge in [-0.1, -0.05) is 12.6 Å². The summed E-state index contributed by atoms with van der Waals surface area (Å²) in [6, 6.07) is 16.5. The molecule has 2 aromatic heterocycles. The van der Waals surface area contributed by atoms with E-state index in [4.69, 9.17) is 9.47 Å². The third kappa shape index (κ3) is 4.30. The second kappa shape index (κ2) is 9.50. The Morgan fingerprint density at radius 1 is 1.11 bits per heavy atom. The van der Waals surface area contributed by atoms with Gasteiger partial charge < -0.3 is 14.4 Å². The zero-order valence-corrected chi connectivity index (χ0v) is 19.5. The van der Waals surface area contributed by atoms with Gasteiger partial charge in [0.05, 0.1) is 35.6 Å². The summed E-state index contributed by atoms with van der Waals surface area (Å²) in [5.41, 5.74) is 2.04. The van der Waals surface area contributed by atoms with Gasteiger partial charge in [0.25, 0.3) is 0 Å². The summed E-state index contributed by atoms with van der Waals surface area (Å²) in [5, 5.41) is 0. The predicted molar refractivity (Wildman–Crippen MR) is 133 cm³/mol. The van der Waals surface area contributed by atoms with Gasteiger partial charge in [-0.25, -0.2) is 4.79 Å². The van der Waals surface area contributed by atoms with Crippen LogP contribution in [0, 0.1) is 0 Å². The number of fused-ring (bicyclic) bond motifs is 1. The number of imidazole rings is 1. The first-order valence-electron chi connectivity index (χ1n) is 11.6. The van der Waals surface area contributed by atoms with E-state index in [2.05, 4.69) is 11.6 Å². The van der Waals surface area contributed by atoms with Crippen LogP contribution in [-0.2, 0) is 4.79 Å². The number of hydrogen-bond acceptors (Lipinski definition) is 5. The molecule has 0 saturated carbocycles. The molecule has 1 aliphatic rings. The number of likely N-dealkylation sites (tertiary alicyclic amines) is 1. The van der Waals surface area contributed by atoms with Crippen LogP contribution in [0.1, 0.15) is 19.4 Å². The van der Waals surface area contributed by atoms with Crippen LogP contribution in [0.2, 0.25) is 0 Å². The number of nitrogens with zero attached hydrogens (tertiary/aromatic N) is 4. The van der Waals surface area contributed by atoms with E-state index in [9.17, 15) is 9.59 Å². The highest BCUT2D eigenvalue weighted by atomic mass is 16.5. The Kier molecular flexibility index (Phi) is 6.10. The number of aromatic nitrogens is 3. The maximum atomic E-state index is 13.6. The molecule has 1 unspecified atom stereocenters. The lowest BCUT2D eigenvalue weighted by Gasteiger charge is -2.15. The molecule has 8 nitrogen and oxygen atoms in total. The average molecular weight is 471 g/mol. The van der Waals surface area contributed by atoms with Gasteiger partial charge in [-0.05, 0) is 61.9 Å². The van der Waals surface area contributed by atoms with Crippen molar-refractivity contribution in [3.05, 3.63) is 90.1 Å². The first-order valence-corrected chi connectivity index (χ1v) is 11.6. The van der Waals surface area contributed by atoms with E-state index in [1.54, 1.807) is 26.4 Å². The van der Waals surface area contributed by atoms with Crippen molar-refractivity contribution in [1.29, 1.82) is 0 Å². The lowest BCUT2D eigenvalue weighted by atomic mass is 10.2. The zero-order valence-electron chi connectivity index (χ0n) is 19.5. The van der Waals surface area contributed by atoms with Crippen molar-refractivity contribution in [2.75, 3.05) is 19.7 Å². The molecule has 0 spiro atoms. The summed E-state index contributed by atoms with van der Waals surface area (Å²) in [7, 11) is 0. The lowest BCUT2D eigenvalue weighted by molar-refractivity contribution is -0.125. The van der Waals surface area contributed by atoms with E-state index in [1.807, 2.05) is 61.5 Å². The van der Waals surface area contributed by atoms with Gasteiger partial charge in [0, 0.05) is 25.4 Å². The number of rotatable bonds is 7. The van der Waals surface area contributed by atoms with Gasteiger partial charge in [0.15, 0.2) is 0 Å². The topological polar surface area (TPSA) is 78.6 Å². The van der Waals surface area contributed by atoms with Gasteiger partial charge in [0.1, 0.15) is 17.2 Å². The van der Waals surface area contributed by atoms with Crippen molar-refractivity contribution in [3.63, 3.8) is 0 Å². The molecule has 3 heterocycles. The molecule has 8 heteroatoms. The highest BCUT2D eigenvalue weighted by molar-refractivity contribution is 5.87. The van der Waals surface area contributed by atoms with Gasteiger partial charge in [-0.3, -0.25) is 18.9 Å². The predicted octanol–water partition coefficient (Wildman–Crippen LogP) is 4.34. The molecule has 0 N–H and O–H groups in total. The SMILES string of the molecule is C=CC(=O)N1CCC(n2c(=O)n(-c3ccc(Oc4cccc(OCC)c4)cc3)c3cnccc32)C1. The Bertz CT molecular complexity index is 1440. The molecule has 1 fully saturated rings. The Balaban J connectivity index is 1.46. The van der Waals surface area contributed by atoms with E-state index in [1.165, 1.54) is 6.08 Å². The molecule has 178 valence electrons. The third-order valence-electron chi connectivity index (χ3n) is 6.14. The van der Waals surface area contributed by atoms with Crippen LogP contribution in [0.25, 0.3) is 16.7 Å². The molecule has 35 heavy (non-hydrogen) atoms. The molecule has 4 aromatic rings. The third-order valence-corrected chi connectivity index (χ3v) is 6.14. The summed E-state index contributed by atoms with van der Waals surface area (Å²) in [6.45, 7) is 7.15. The molecule has 1 amide bonds. The number of carbonyl (C=O) groups is 1. The van der Waals surface area contributed by atoms with Gasteiger partial charge in [-0.2, -0.15) is 0 Å². The Labute approximate surface area is 202 Å². The molecule has 5 rings (SSSR count). The minimum Gasteiger partial charge on any atom is -0.494 e. The van der Waals surface area contributed by atoms with E-state index in [0.29, 0.717) is 48.8 Å². The van der Waals surface area contributed by atoms with Crippen LogP contribution in [-0.4, -0.2) is 44.6 Å². The zero-order chi connectivity index (χ0) is 24.4. The number of benzene rings is 2. The monoisotopic (exact) mass is 470 g/mol. The molecule has 1 saturated heterocycles. The van der Waals surface area contributed by atoms with Crippen molar-refractivity contribution in [2.45, 2.75) is 19.4 Å². The van der Waals surface area contributed by atoms with Crippen molar-refractivity contribution in [3.8, 4) is 22.9 Å². The van der Waals surface area contributed by atoms with Crippen molar-refractivity contribution >= 4 is 16.9 Å². The largest absolute Gasteiger partial charge is 0.494 e. The Morgan fingerprint density at radius 3 is 2.69 bits per heavy atom. The molecule has 0 aliphatic carbocycles. The minimum atomic E-state index is -0.163. The van der Waals surface area contributed by atoms with Crippen LogP contribution >= 0.6 is 0 Å². The number of hydrogen-bond donors (Lipinski definition) is 0. The lowest BCUT2D eigenvalue weighted by Crippen LogP contribution is -2.31. The highest BCUT2D eigenvalue weighted by Gasteiger charge is 2.29. The normalized spacial score (nSPS) is 15.3. The summed E-state index contributed by atoms with van der Waals surface area (Å²) in [4.78, 5) is 31.7. The first-order chi connectivity index (χ1) is 17.1. The second-order valence-electron chi connectivity index (χ2n) is 8.29. The fourth-order valence-electron chi connectivity index (χ4n) is 4.55. The first kappa shape index (κ1) is 22.5. The second-order valence-corrected chi connectivity index (χ2v) is 8.29. The fourth-order valence-corrected chi connectivity index (χ4v) is 4.55. The van der Waals surface area contributed by atoms with Crippen LogP contribution in [0.15, 0.2) is 84.4 Å². The van der Waals surface area contributed by atoms with E-state index in [0.717, 1.165) is 11.3 Å². The molecule has 1 atom stereocenters. The van der Waals surface area contributed by atoms with Gasteiger partial charge in [0.2, 0.25) is 5.91 Å². The maximum absolute atomic E-state index is 13.6. The average Bonchev–Trinajstić information content (AvgIpc) is 3.47. The summed E-state index contributed by atoms with van der Waals surface area (Å²) in [5.74, 6) is 1.94. The van der Waals surface area contributed by atoms with Crippen LogP contribution in [0.4, 0.5) is 0 Å². The summed E-state index contributed by atoms with van der Waals surface area (Å²) >= 11 is 0. The maximum Gasteiger partial charge on any atom is 0.334 e. The standard InChI is InChI=1S/C27H26N4O4/c1-3-26(32)29-15-13-20(18-29)31-24-12-14-28-17-25(24)30(27(31)33)19-8-10-21(11-9-19)35-23-7-5-6-22(16-23)34-4-2/h3,5-12,14,16-17,20H,1,4,13,15,18H2,2H3. The van der Waals surface area contributed by atoms with Crippen LogP contribution < -0.4 is 15.2 Å². The molecule has 2 aromatic carbocycles. The number of ether oxygens (including phenoxy) is 2. The Morgan fingerprint density at radius 2 is 1.91 bits per heavy atom. The van der Waals surface area contributed by atoms with Crippen molar-refractivity contribution in [2.24, 2.45) is 0 Å². The summed E-state index contributed by atoms with van der Waals surface area (Å²) < 4.78 is 14.9. The van der Waals surface area contributed by atoms with E-state index >= 15 is 0 Å². The fraction of sp³-hybridized carbons (Fsp3) is 0.222. The summed E-state index contributed by atoms with van der Waals surface area (Å²) in [6.07, 6.45) is 5.39. The highest BCUT2D eigenvalue weighted by Crippen LogP contribution is 2.28. The van der Waals surface area contributed by atoms with E-state index in [-0.39, 0.29) is 17.6 Å². The minimum absolute atomic E-state index is 0.113. The Hall–Kier alpha value is -4.33. The quantitative estimate of drug-likeness (QED) is 0.376. The molecule has 0 bridgehead atoms. The number of amides is 1. The van der Waals surface area contributed by atoms with Crippen LogP contribution in [0.5, 0.6) is 17.2 Å². The molecular formula is C27H26N4O4. The molecule has 1 aliphatic heterocycles. The van der Waals surface area contributed by atoms with E-state index < -0.39 is 0 Å². The number of pyridine rings is 1. The van der Waals surface area contributed by atoms with Gasteiger partial charge in [-0.15, -0.1) is 0 Å².